The van der Waals surface area contributed by atoms with Gasteiger partial charge in [0.15, 0.2) is 0 Å². The van der Waals surface area contributed by atoms with Gasteiger partial charge in [0.25, 0.3) is 0 Å². The zero-order chi connectivity index (χ0) is 13.7. The first-order valence-corrected chi connectivity index (χ1v) is 5.70. The summed E-state index contributed by atoms with van der Waals surface area (Å²) in [7, 11) is 2.88. The van der Waals surface area contributed by atoms with Gasteiger partial charge in [0, 0.05) is 17.7 Å². The zero-order valence-corrected chi connectivity index (χ0v) is 11.1. The van der Waals surface area contributed by atoms with Crippen LogP contribution >= 0.6 is 0 Å². The van der Waals surface area contributed by atoms with Crippen molar-refractivity contribution in [2.75, 3.05) is 14.2 Å². The Morgan fingerprint density at radius 1 is 1.33 bits per heavy atom. The van der Waals surface area contributed by atoms with Gasteiger partial charge in [0.1, 0.15) is 17.5 Å². The smallest absolute Gasteiger partial charge is 0.322 e. The first-order chi connectivity index (χ1) is 8.49. The lowest BCUT2D eigenvalue weighted by Gasteiger charge is -2.19. The van der Waals surface area contributed by atoms with E-state index < -0.39 is 6.04 Å². The van der Waals surface area contributed by atoms with E-state index in [-0.39, 0.29) is 17.8 Å². The third-order valence-electron chi connectivity index (χ3n) is 2.76. The first-order valence-electron chi connectivity index (χ1n) is 5.70. The number of ether oxygens (including phenoxy) is 2. The molecule has 0 aliphatic carbocycles. The van der Waals surface area contributed by atoms with Gasteiger partial charge in [-0.05, 0) is 19.9 Å². The second-order valence-corrected chi connectivity index (χ2v) is 4.06. The predicted octanol–water partition coefficient (Wildman–Crippen LogP) is 1.61. The lowest BCUT2D eigenvalue weighted by molar-refractivity contribution is -0.142. The van der Waals surface area contributed by atoms with E-state index in [0.29, 0.717) is 11.3 Å². The summed E-state index contributed by atoms with van der Waals surface area (Å²) in [6.07, 6.45) is 0. The molecule has 1 rings (SSSR count). The van der Waals surface area contributed by atoms with Crippen molar-refractivity contribution < 1.29 is 19.4 Å². The number of phenols is 1. The van der Waals surface area contributed by atoms with E-state index >= 15 is 0 Å². The van der Waals surface area contributed by atoms with Crippen molar-refractivity contribution in [3.8, 4) is 11.5 Å². The van der Waals surface area contributed by atoms with Crippen LogP contribution in [-0.2, 0) is 9.53 Å². The van der Waals surface area contributed by atoms with Crippen molar-refractivity contribution in [3.05, 3.63) is 23.8 Å². The van der Waals surface area contributed by atoms with Crippen LogP contribution in [0.15, 0.2) is 18.2 Å². The van der Waals surface area contributed by atoms with Gasteiger partial charge in [-0.3, -0.25) is 10.1 Å². The fraction of sp³-hybridized carbons (Fsp3) is 0.462. The molecule has 5 heteroatoms. The highest BCUT2D eigenvalue weighted by atomic mass is 16.5. The lowest BCUT2D eigenvalue weighted by atomic mass is 10.1. The Kier molecular flexibility index (Phi) is 4.97. The van der Waals surface area contributed by atoms with Crippen LogP contribution in [0.5, 0.6) is 11.5 Å². The van der Waals surface area contributed by atoms with Crippen molar-refractivity contribution in [2.24, 2.45) is 0 Å². The molecular weight excluding hydrogens is 234 g/mol. The van der Waals surface area contributed by atoms with Gasteiger partial charge in [-0.15, -0.1) is 0 Å². The largest absolute Gasteiger partial charge is 0.507 e. The Balaban J connectivity index is 2.78. The van der Waals surface area contributed by atoms with E-state index in [0.717, 1.165) is 0 Å². The molecule has 0 saturated heterocycles. The van der Waals surface area contributed by atoms with E-state index in [1.807, 2.05) is 6.92 Å². The van der Waals surface area contributed by atoms with E-state index in [9.17, 15) is 9.90 Å². The van der Waals surface area contributed by atoms with Crippen molar-refractivity contribution in [3.63, 3.8) is 0 Å². The second-order valence-electron chi connectivity index (χ2n) is 4.06. The normalized spacial score (nSPS) is 13.8. The Morgan fingerprint density at radius 3 is 2.50 bits per heavy atom. The average molecular weight is 253 g/mol. The van der Waals surface area contributed by atoms with E-state index in [1.54, 1.807) is 19.1 Å². The van der Waals surface area contributed by atoms with Crippen molar-refractivity contribution >= 4 is 5.97 Å². The van der Waals surface area contributed by atoms with Crippen molar-refractivity contribution in [2.45, 2.75) is 25.9 Å². The van der Waals surface area contributed by atoms with Crippen LogP contribution in [0.1, 0.15) is 25.5 Å². The molecule has 0 aliphatic heterocycles. The highest BCUT2D eigenvalue weighted by Crippen LogP contribution is 2.28. The molecule has 1 aromatic rings. The molecule has 0 amide bonds. The summed E-state index contributed by atoms with van der Waals surface area (Å²) in [6.45, 7) is 3.57. The molecule has 5 nitrogen and oxygen atoms in total. The quantitative estimate of drug-likeness (QED) is 0.780. The molecule has 2 unspecified atom stereocenters. The number of nitrogens with one attached hydrogen (secondary N) is 1. The maximum atomic E-state index is 11.3. The minimum absolute atomic E-state index is 0.131. The minimum Gasteiger partial charge on any atom is -0.507 e. The third kappa shape index (κ3) is 3.37. The summed E-state index contributed by atoms with van der Waals surface area (Å²) in [6, 6.07) is 4.44. The molecule has 0 aliphatic rings. The average Bonchev–Trinajstić information content (AvgIpc) is 2.37. The Morgan fingerprint density at radius 2 is 2.00 bits per heavy atom. The third-order valence-corrected chi connectivity index (χ3v) is 2.76. The lowest BCUT2D eigenvalue weighted by Crippen LogP contribution is -2.36. The molecule has 100 valence electrons. The van der Waals surface area contributed by atoms with Crippen LogP contribution in [0, 0.1) is 0 Å². The molecule has 0 spiro atoms. The number of esters is 1. The van der Waals surface area contributed by atoms with Gasteiger partial charge in [0.05, 0.1) is 14.2 Å². The standard InChI is InChI=1S/C13H19NO4/c1-8(14-9(2)13(16)18-4)11-6-5-10(17-3)7-12(11)15/h5-9,14-15H,1-4H3. The summed E-state index contributed by atoms with van der Waals surface area (Å²) in [4.78, 5) is 11.3. The minimum atomic E-state index is -0.438. The van der Waals surface area contributed by atoms with Gasteiger partial charge in [-0.2, -0.15) is 0 Å². The number of carbonyl (C=O) groups excluding carboxylic acids is 1. The summed E-state index contributed by atoms with van der Waals surface area (Å²) < 4.78 is 9.64. The molecular formula is C13H19NO4. The van der Waals surface area contributed by atoms with Gasteiger partial charge in [0.2, 0.25) is 0 Å². The van der Waals surface area contributed by atoms with Gasteiger partial charge < -0.3 is 14.6 Å². The second kappa shape index (κ2) is 6.26. The molecule has 2 atom stereocenters. The molecule has 0 radical (unpaired) electrons. The molecule has 0 saturated carbocycles. The van der Waals surface area contributed by atoms with Crippen LogP contribution < -0.4 is 10.1 Å². The van der Waals surface area contributed by atoms with Crippen LogP contribution in [0.2, 0.25) is 0 Å². The number of aromatic hydroxyl groups is 1. The number of rotatable bonds is 5. The van der Waals surface area contributed by atoms with Crippen LogP contribution in [0.4, 0.5) is 0 Å². The molecule has 1 aromatic carbocycles. The highest BCUT2D eigenvalue weighted by Gasteiger charge is 2.18. The van der Waals surface area contributed by atoms with Crippen molar-refractivity contribution in [1.82, 2.24) is 5.32 Å². The number of carbonyl (C=O) groups is 1. The Hall–Kier alpha value is -1.75. The maximum Gasteiger partial charge on any atom is 0.322 e. The van der Waals surface area contributed by atoms with Gasteiger partial charge >= 0.3 is 5.97 Å². The molecule has 0 bridgehead atoms. The number of benzene rings is 1. The van der Waals surface area contributed by atoms with E-state index in [2.05, 4.69) is 10.1 Å². The number of methoxy groups -OCH3 is 2. The fourth-order valence-corrected chi connectivity index (χ4v) is 1.73. The molecule has 0 aromatic heterocycles. The van der Waals surface area contributed by atoms with Gasteiger partial charge in [-0.1, -0.05) is 6.07 Å². The summed E-state index contributed by atoms with van der Waals surface area (Å²) in [5, 5.41) is 12.9. The highest BCUT2D eigenvalue weighted by molar-refractivity contribution is 5.75. The summed E-state index contributed by atoms with van der Waals surface area (Å²) in [5.74, 6) is 0.380. The first kappa shape index (κ1) is 14.3. The number of phenolic OH excluding ortho intramolecular Hbond substituents is 1. The fourth-order valence-electron chi connectivity index (χ4n) is 1.73. The Bertz CT molecular complexity index is 419. The summed E-state index contributed by atoms with van der Waals surface area (Å²) >= 11 is 0. The number of hydrogen-bond donors (Lipinski definition) is 2. The molecule has 2 N–H and O–H groups in total. The molecule has 18 heavy (non-hydrogen) atoms. The summed E-state index contributed by atoms with van der Waals surface area (Å²) in [5.41, 5.74) is 0.701. The molecule has 0 heterocycles. The van der Waals surface area contributed by atoms with E-state index in [1.165, 1.54) is 20.3 Å². The zero-order valence-electron chi connectivity index (χ0n) is 11.1. The predicted molar refractivity (Wildman–Crippen MR) is 67.7 cm³/mol. The van der Waals surface area contributed by atoms with Crippen LogP contribution in [-0.4, -0.2) is 31.3 Å². The van der Waals surface area contributed by atoms with E-state index in [4.69, 9.17) is 4.74 Å². The molecule has 0 fully saturated rings. The van der Waals surface area contributed by atoms with Crippen LogP contribution in [0.3, 0.4) is 0 Å². The SMILES string of the molecule is COC(=O)C(C)NC(C)c1ccc(OC)cc1O. The maximum absolute atomic E-state index is 11.3. The number of hydrogen-bond acceptors (Lipinski definition) is 5. The van der Waals surface area contributed by atoms with Crippen LogP contribution in [0.25, 0.3) is 0 Å². The topological polar surface area (TPSA) is 67.8 Å². The van der Waals surface area contributed by atoms with Crippen molar-refractivity contribution in [1.29, 1.82) is 0 Å². The Labute approximate surface area is 107 Å². The van der Waals surface area contributed by atoms with Gasteiger partial charge in [-0.25, -0.2) is 0 Å². The monoisotopic (exact) mass is 253 g/mol.